The van der Waals surface area contributed by atoms with Crippen LogP contribution in [0.25, 0.3) is 0 Å². The highest BCUT2D eigenvalue weighted by Gasteiger charge is 2.52. The summed E-state index contributed by atoms with van der Waals surface area (Å²) in [6.07, 6.45) is 4.22. The molecule has 2 N–H and O–H groups in total. The van der Waals surface area contributed by atoms with E-state index >= 15 is 0 Å². The number of nitrogens with zero attached hydrogens (tertiary/aromatic N) is 2. The molecule has 4 amide bonds. The van der Waals surface area contributed by atoms with Gasteiger partial charge in [0.15, 0.2) is 0 Å². The van der Waals surface area contributed by atoms with Crippen molar-refractivity contribution in [3.63, 3.8) is 0 Å². The average Bonchev–Trinajstić information content (AvgIpc) is 2.88. The number of carbonyl (C=O) groups is 3. The van der Waals surface area contributed by atoms with Gasteiger partial charge in [-0.3, -0.25) is 15.0 Å². The molecule has 1 saturated heterocycles. The molecule has 0 aromatic heterocycles. The largest absolute Gasteiger partial charge is 0.344 e. The Morgan fingerprint density at radius 3 is 2.68 bits per heavy atom. The monoisotopic (exact) mass is 426 g/mol. The van der Waals surface area contributed by atoms with E-state index in [-0.39, 0.29) is 18.2 Å². The van der Waals surface area contributed by atoms with Gasteiger partial charge in [0.25, 0.3) is 5.91 Å². The van der Waals surface area contributed by atoms with Crippen molar-refractivity contribution in [3.8, 4) is 0 Å². The van der Waals surface area contributed by atoms with Crippen LogP contribution in [0.4, 0.5) is 4.79 Å². The molecule has 9 heteroatoms. The van der Waals surface area contributed by atoms with Crippen LogP contribution in [0, 0.1) is 0 Å². The SMILES string of the molecule is CN(CCC(=O)NN1C(=O)NC2(CCCCC2)C1=O)Cc1cccc(Cl)c1Cl. The molecule has 1 aliphatic carbocycles. The predicted octanol–water partition coefficient (Wildman–Crippen LogP) is 3.10. The molecule has 1 aromatic carbocycles. The Hall–Kier alpha value is -1.83. The van der Waals surface area contributed by atoms with Gasteiger partial charge < -0.3 is 10.2 Å². The van der Waals surface area contributed by atoms with E-state index in [1.807, 2.05) is 24.1 Å². The smallest absolute Gasteiger partial charge is 0.322 e. The minimum Gasteiger partial charge on any atom is -0.322 e. The summed E-state index contributed by atoms with van der Waals surface area (Å²) < 4.78 is 0. The number of hydrazine groups is 1. The number of carbonyl (C=O) groups excluding carboxylic acids is 3. The Morgan fingerprint density at radius 1 is 1.25 bits per heavy atom. The normalized spacial score (nSPS) is 18.6. The van der Waals surface area contributed by atoms with Gasteiger partial charge in [0.2, 0.25) is 5.91 Å². The lowest BCUT2D eigenvalue weighted by Gasteiger charge is -2.30. The van der Waals surface area contributed by atoms with Crippen molar-refractivity contribution in [2.75, 3.05) is 13.6 Å². The van der Waals surface area contributed by atoms with Crippen LogP contribution in [0.1, 0.15) is 44.1 Å². The molecule has 0 unspecified atom stereocenters. The lowest BCUT2D eigenvalue weighted by atomic mass is 9.82. The van der Waals surface area contributed by atoms with Gasteiger partial charge in [-0.05, 0) is 31.5 Å². The van der Waals surface area contributed by atoms with Crippen LogP contribution in [-0.2, 0) is 16.1 Å². The maximum absolute atomic E-state index is 12.7. The number of amides is 4. The van der Waals surface area contributed by atoms with Crippen molar-refractivity contribution in [2.45, 2.75) is 50.6 Å². The predicted molar refractivity (Wildman–Crippen MR) is 107 cm³/mol. The van der Waals surface area contributed by atoms with Crippen molar-refractivity contribution < 1.29 is 14.4 Å². The third-order valence-corrected chi connectivity index (χ3v) is 6.16. The van der Waals surface area contributed by atoms with Crippen molar-refractivity contribution in [3.05, 3.63) is 33.8 Å². The highest BCUT2D eigenvalue weighted by Crippen LogP contribution is 2.33. The summed E-state index contributed by atoms with van der Waals surface area (Å²) in [5.41, 5.74) is 2.47. The Morgan fingerprint density at radius 2 is 1.96 bits per heavy atom. The second kappa shape index (κ2) is 8.68. The quantitative estimate of drug-likeness (QED) is 0.684. The summed E-state index contributed by atoms with van der Waals surface area (Å²) in [4.78, 5) is 39.1. The molecule has 1 spiro atoms. The first kappa shape index (κ1) is 20.9. The minimum atomic E-state index is -0.845. The minimum absolute atomic E-state index is 0.138. The van der Waals surface area contributed by atoms with Crippen molar-refractivity contribution in [1.29, 1.82) is 0 Å². The van der Waals surface area contributed by atoms with Crippen molar-refractivity contribution >= 4 is 41.0 Å². The molecule has 1 aromatic rings. The molecule has 0 bridgehead atoms. The van der Waals surface area contributed by atoms with Gasteiger partial charge in [-0.2, -0.15) is 5.01 Å². The first-order chi connectivity index (χ1) is 13.3. The number of imide groups is 1. The summed E-state index contributed by atoms with van der Waals surface area (Å²) in [7, 11) is 1.86. The van der Waals surface area contributed by atoms with Gasteiger partial charge in [-0.25, -0.2) is 4.79 Å². The van der Waals surface area contributed by atoms with Gasteiger partial charge >= 0.3 is 6.03 Å². The van der Waals surface area contributed by atoms with E-state index in [9.17, 15) is 14.4 Å². The van der Waals surface area contributed by atoms with Gasteiger partial charge in [0, 0.05) is 19.5 Å². The fraction of sp³-hybridized carbons (Fsp3) is 0.526. The van der Waals surface area contributed by atoms with E-state index in [0.717, 1.165) is 29.8 Å². The number of halogens is 2. The molecular weight excluding hydrogens is 403 g/mol. The summed E-state index contributed by atoms with van der Waals surface area (Å²) >= 11 is 12.2. The molecule has 152 valence electrons. The summed E-state index contributed by atoms with van der Waals surface area (Å²) in [6, 6.07) is 4.86. The van der Waals surface area contributed by atoms with Crippen LogP contribution in [0.5, 0.6) is 0 Å². The number of benzene rings is 1. The molecule has 1 heterocycles. The topological polar surface area (TPSA) is 81.8 Å². The molecule has 28 heavy (non-hydrogen) atoms. The number of rotatable bonds is 6. The zero-order valence-electron chi connectivity index (χ0n) is 15.8. The lowest BCUT2D eigenvalue weighted by Crippen LogP contribution is -2.51. The van der Waals surface area contributed by atoms with Gasteiger partial charge in [-0.1, -0.05) is 54.6 Å². The van der Waals surface area contributed by atoms with Crippen LogP contribution < -0.4 is 10.7 Å². The van der Waals surface area contributed by atoms with E-state index < -0.39 is 11.6 Å². The van der Waals surface area contributed by atoms with Crippen LogP contribution in [0.2, 0.25) is 10.0 Å². The van der Waals surface area contributed by atoms with E-state index in [1.165, 1.54) is 0 Å². The molecular formula is C19H24Cl2N4O3. The Kier molecular flexibility index (Phi) is 6.47. The van der Waals surface area contributed by atoms with Gasteiger partial charge in [0.05, 0.1) is 10.0 Å². The molecule has 2 aliphatic rings. The highest BCUT2D eigenvalue weighted by atomic mass is 35.5. The highest BCUT2D eigenvalue weighted by molar-refractivity contribution is 6.42. The Bertz CT molecular complexity index is 780. The fourth-order valence-electron chi connectivity index (χ4n) is 3.73. The second-order valence-electron chi connectivity index (χ2n) is 7.45. The third kappa shape index (κ3) is 4.42. The second-order valence-corrected chi connectivity index (χ2v) is 8.23. The molecule has 3 rings (SSSR count). The number of nitrogens with one attached hydrogen (secondary N) is 2. The first-order valence-electron chi connectivity index (χ1n) is 9.40. The molecule has 1 aliphatic heterocycles. The molecule has 0 atom stereocenters. The molecule has 1 saturated carbocycles. The zero-order chi connectivity index (χ0) is 20.3. The van der Waals surface area contributed by atoms with E-state index in [1.54, 1.807) is 6.07 Å². The summed E-state index contributed by atoms with van der Waals surface area (Å²) in [6.45, 7) is 0.961. The van der Waals surface area contributed by atoms with Crippen molar-refractivity contribution in [1.82, 2.24) is 20.7 Å². The number of hydrogen-bond acceptors (Lipinski definition) is 4. The van der Waals surface area contributed by atoms with Crippen LogP contribution in [0.3, 0.4) is 0 Å². The Labute approximate surface area is 174 Å². The summed E-state index contributed by atoms with van der Waals surface area (Å²) in [5.74, 6) is -0.745. The van der Waals surface area contributed by atoms with E-state index in [0.29, 0.717) is 36.0 Å². The van der Waals surface area contributed by atoms with Crippen LogP contribution in [-0.4, -0.2) is 46.9 Å². The standard InChI is InChI=1S/C19H24Cl2N4O3/c1-24(12-13-6-5-7-14(20)16(13)21)11-8-15(26)23-25-17(27)19(22-18(25)28)9-3-2-4-10-19/h5-7H,2-4,8-12H2,1H3,(H,22,28)(H,23,26). The molecule has 7 nitrogen and oxygen atoms in total. The lowest BCUT2D eigenvalue weighted by molar-refractivity contribution is -0.140. The van der Waals surface area contributed by atoms with E-state index in [2.05, 4.69) is 10.7 Å². The van der Waals surface area contributed by atoms with Crippen LogP contribution >= 0.6 is 23.2 Å². The maximum Gasteiger partial charge on any atom is 0.344 e. The molecule has 2 fully saturated rings. The zero-order valence-corrected chi connectivity index (χ0v) is 17.3. The van der Waals surface area contributed by atoms with E-state index in [4.69, 9.17) is 23.2 Å². The third-order valence-electron chi connectivity index (χ3n) is 5.30. The maximum atomic E-state index is 12.7. The van der Waals surface area contributed by atoms with Gasteiger partial charge in [0.1, 0.15) is 5.54 Å². The Balaban J connectivity index is 1.51. The van der Waals surface area contributed by atoms with Gasteiger partial charge in [-0.15, -0.1) is 0 Å². The molecule has 0 radical (unpaired) electrons. The number of hydrogen-bond donors (Lipinski definition) is 2. The summed E-state index contributed by atoms with van der Waals surface area (Å²) in [5, 5.41) is 4.59. The first-order valence-corrected chi connectivity index (χ1v) is 10.2. The number of urea groups is 1. The fourth-order valence-corrected chi connectivity index (χ4v) is 4.11. The average molecular weight is 427 g/mol. The van der Waals surface area contributed by atoms with Crippen LogP contribution in [0.15, 0.2) is 18.2 Å². The van der Waals surface area contributed by atoms with Crippen molar-refractivity contribution in [2.24, 2.45) is 0 Å².